The number of benzene rings is 3. The summed E-state index contributed by atoms with van der Waals surface area (Å²) in [6.45, 7) is 4.35. The summed E-state index contributed by atoms with van der Waals surface area (Å²) in [6, 6.07) is 23.1. The van der Waals surface area contributed by atoms with E-state index in [1.807, 2.05) is 68.4 Å². The summed E-state index contributed by atoms with van der Waals surface area (Å²) in [6.07, 6.45) is 0. The van der Waals surface area contributed by atoms with Gasteiger partial charge in [-0.05, 0) is 31.5 Å². The molecule has 0 saturated heterocycles. The Kier molecular flexibility index (Phi) is 4.51. The number of ether oxygens (including phenoxy) is 1. The lowest BCUT2D eigenvalue weighted by Crippen LogP contribution is -2.05. The number of carbonyl (C=O) groups excluding carboxylic acids is 1. The van der Waals surface area contributed by atoms with Gasteiger partial charge in [0.1, 0.15) is 17.1 Å². The predicted octanol–water partition coefficient (Wildman–Crippen LogP) is 6.04. The Balaban J connectivity index is 1.92. The van der Waals surface area contributed by atoms with Gasteiger partial charge >= 0.3 is 0 Å². The Hall–Kier alpha value is -3.33. The predicted molar refractivity (Wildman–Crippen MR) is 107 cm³/mol. The second-order valence-electron chi connectivity index (χ2n) is 6.37. The molecule has 0 radical (unpaired) electrons. The average Bonchev–Trinajstić information content (AvgIpc) is 3.03. The number of aryl methyl sites for hydroxylation is 1. The van der Waals surface area contributed by atoms with Gasteiger partial charge in [-0.15, -0.1) is 0 Å². The van der Waals surface area contributed by atoms with Crippen molar-refractivity contribution in [3.8, 4) is 16.9 Å². The first-order valence-electron chi connectivity index (χ1n) is 9.04. The summed E-state index contributed by atoms with van der Waals surface area (Å²) in [4.78, 5) is 13.0. The van der Waals surface area contributed by atoms with Crippen molar-refractivity contribution in [1.29, 1.82) is 0 Å². The fraction of sp³-hybridized carbons (Fsp3) is 0.125. The highest BCUT2D eigenvalue weighted by molar-refractivity contribution is 6.13. The Morgan fingerprint density at radius 1 is 0.963 bits per heavy atom. The number of furan rings is 1. The lowest BCUT2D eigenvalue weighted by molar-refractivity contribution is 0.103. The molecule has 0 unspecified atom stereocenters. The number of rotatable bonds is 5. The summed E-state index contributed by atoms with van der Waals surface area (Å²) in [7, 11) is 0. The van der Waals surface area contributed by atoms with Gasteiger partial charge in [-0.2, -0.15) is 0 Å². The fourth-order valence-electron chi connectivity index (χ4n) is 3.41. The molecular weight excluding hydrogens is 336 g/mol. The van der Waals surface area contributed by atoms with E-state index in [1.165, 1.54) is 0 Å². The largest absolute Gasteiger partial charge is 0.493 e. The summed E-state index contributed by atoms with van der Waals surface area (Å²) in [5, 5.41) is 0.951. The Labute approximate surface area is 158 Å². The van der Waals surface area contributed by atoms with Gasteiger partial charge in [0.25, 0.3) is 0 Å². The van der Waals surface area contributed by atoms with Crippen molar-refractivity contribution in [3.63, 3.8) is 0 Å². The SMILES string of the molecule is CCOc1cc2c(-c3ccccc3)c(C)oc2cc1C(=O)c1ccccc1. The van der Waals surface area contributed by atoms with Crippen molar-refractivity contribution < 1.29 is 13.9 Å². The molecule has 1 aromatic heterocycles. The third-order valence-electron chi connectivity index (χ3n) is 4.61. The van der Waals surface area contributed by atoms with E-state index in [0.29, 0.717) is 29.1 Å². The van der Waals surface area contributed by atoms with Crippen LogP contribution in [-0.4, -0.2) is 12.4 Å². The number of hydrogen-bond donors (Lipinski definition) is 0. The van der Waals surface area contributed by atoms with Gasteiger partial charge < -0.3 is 9.15 Å². The van der Waals surface area contributed by atoms with E-state index in [2.05, 4.69) is 12.1 Å². The molecule has 4 rings (SSSR count). The van der Waals surface area contributed by atoms with Crippen LogP contribution in [0.2, 0.25) is 0 Å². The minimum Gasteiger partial charge on any atom is -0.493 e. The molecule has 0 aliphatic carbocycles. The topological polar surface area (TPSA) is 39.4 Å². The van der Waals surface area contributed by atoms with E-state index >= 15 is 0 Å². The van der Waals surface area contributed by atoms with Crippen molar-refractivity contribution in [2.45, 2.75) is 13.8 Å². The van der Waals surface area contributed by atoms with Crippen LogP contribution in [0.3, 0.4) is 0 Å². The Morgan fingerprint density at radius 2 is 1.63 bits per heavy atom. The zero-order valence-electron chi connectivity index (χ0n) is 15.4. The lowest BCUT2D eigenvalue weighted by Gasteiger charge is -2.10. The first-order valence-corrected chi connectivity index (χ1v) is 9.04. The van der Waals surface area contributed by atoms with Crippen LogP contribution >= 0.6 is 0 Å². The highest BCUT2D eigenvalue weighted by Crippen LogP contribution is 2.38. The van der Waals surface area contributed by atoms with Crippen LogP contribution in [0, 0.1) is 6.92 Å². The van der Waals surface area contributed by atoms with Crippen molar-refractivity contribution >= 4 is 16.8 Å². The number of carbonyl (C=O) groups is 1. The van der Waals surface area contributed by atoms with Gasteiger partial charge in [0.2, 0.25) is 0 Å². The van der Waals surface area contributed by atoms with E-state index in [9.17, 15) is 4.79 Å². The molecule has 0 aliphatic heterocycles. The fourth-order valence-corrected chi connectivity index (χ4v) is 3.41. The maximum Gasteiger partial charge on any atom is 0.196 e. The molecule has 27 heavy (non-hydrogen) atoms. The monoisotopic (exact) mass is 356 g/mol. The van der Waals surface area contributed by atoms with Crippen molar-refractivity contribution in [2.75, 3.05) is 6.61 Å². The second kappa shape index (κ2) is 7.12. The number of hydrogen-bond acceptors (Lipinski definition) is 3. The molecule has 3 aromatic carbocycles. The van der Waals surface area contributed by atoms with Crippen LogP contribution in [0.1, 0.15) is 28.6 Å². The minimum absolute atomic E-state index is 0.0729. The number of ketones is 1. The first kappa shape index (κ1) is 17.1. The highest BCUT2D eigenvalue weighted by atomic mass is 16.5. The summed E-state index contributed by atoms with van der Waals surface area (Å²) < 4.78 is 11.8. The Morgan fingerprint density at radius 3 is 2.30 bits per heavy atom. The van der Waals surface area contributed by atoms with E-state index in [4.69, 9.17) is 9.15 Å². The molecule has 0 spiro atoms. The number of fused-ring (bicyclic) bond motifs is 1. The quantitative estimate of drug-likeness (QED) is 0.409. The molecule has 0 amide bonds. The van der Waals surface area contributed by atoms with Crippen LogP contribution in [0.4, 0.5) is 0 Å². The molecule has 3 heteroatoms. The van der Waals surface area contributed by atoms with Gasteiger partial charge in [-0.25, -0.2) is 0 Å². The van der Waals surface area contributed by atoms with Crippen LogP contribution in [0.15, 0.2) is 77.2 Å². The third-order valence-corrected chi connectivity index (χ3v) is 4.61. The minimum atomic E-state index is -0.0729. The van der Waals surface area contributed by atoms with E-state index in [0.717, 1.165) is 22.3 Å². The highest BCUT2D eigenvalue weighted by Gasteiger charge is 2.20. The molecule has 0 N–H and O–H groups in total. The molecule has 3 nitrogen and oxygen atoms in total. The van der Waals surface area contributed by atoms with Crippen LogP contribution in [0.25, 0.3) is 22.1 Å². The molecule has 0 fully saturated rings. The third kappa shape index (κ3) is 3.13. The second-order valence-corrected chi connectivity index (χ2v) is 6.37. The van der Waals surface area contributed by atoms with Crippen LogP contribution < -0.4 is 4.74 Å². The first-order chi connectivity index (χ1) is 13.2. The lowest BCUT2D eigenvalue weighted by atomic mass is 9.98. The maximum atomic E-state index is 13.0. The van der Waals surface area contributed by atoms with Gasteiger partial charge in [-0.1, -0.05) is 60.7 Å². The van der Waals surface area contributed by atoms with Crippen LogP contribution in [-0.2, 0) is 0 Å². The molecule has 0 aliphatic rings. The molecule has 0 bridgehead atoms. The Bertz CT molecular complexity index is 1090. The molecule has 0 saturated carbocycles. The smallest absolute Gasteiger partial charge is 0.196 e. The van der Waals surface area contributed by atoms with Crippen molar-refractivity contribution in [3.05, 3.63) is 89.7 Å². The molecule has 4 aromatic rings. The normalized spacial score (nSPS) is 10.9. The van der Waals surface area contributed by atoms with E-state index < -0.39 is 0 Å². The zero-order chi connectivity index (χ0) is 18.8. The summed E-state index contributed by atoms with van der Waals surface area (Å²) in [5.74, 6) is 1.33. The van der Waals surface area contributed by atoms with E-state index in [-0.39, 0.29) is 5.78 Å². The molecular formula is C24H20O3. The van der Waals surface area contributed by atoms with Gasteiger partial charge in [0.05, 0.1) is 12.2 Å². The van der Waals surface area contributed by atoms with E-state index in [1.54, 1.807) is 6.07 Å². The molecule has 0 atom stereocenters. The summed E-state index contributed by atoms with van der Waals surface area (Å²) in [5.41, 5.74) is 3.95. The molecule has 1 heterocycles. The van der Waals surface area contributed by atoms with Gasteiger partial charge in [-0.3, -0.25) is 4.79 Å². The van der Waals surface area contributed by atoms with Crippen LogP contribution in [0.5, 0.6) is 5.75 Å². The summed E-state index contributed by atoms with van der Waals surface area (Å²) >= 11 is 0. The molecule has 134 valence electrons. The standard InChI is InChI=1S/C24H20O3/c1-3-26-21-14-19-22(15-20(21)24(25)18-12-8-5-9-13-18)27-16(2)23(19)17-10-6-4-7-11-17/h4-15H,3H2,1-2H3. The average molecular weight is 356 g/mol. The zero-order valence-corrected chi connectivity index (χ0v) is 15.4. The van der Waals surface area contributed by atoms with Gasteiger partial charge in [0.15, 0.2) is 5.78 Å². The maximum absolute atomic E-state index is 13.0. The van der Waals surface area contributed by atoms with Crippen molar-refractivity contribution in [2.24, 2.45) is 0 Å². The van der Waals surface area contributed by atoms with Gasteiger partial charge in [0, 0.05) is 16.5 Å². The van der Waals surface area contributed by atoms with Crippen molar-refractivity contribution in [1.82, 2.24) is 0 Å².